The van der Waals surface area contributed by atoms with E-state index in [2.05, 4.69) is 43.8 Å². The fraction of sp³-hybridized carbons (Fsp3) is 0.200. The topological polar surface area (TPSA) is 12.0 Å². The fourth-order valence-corrected chi connectivity index (χ4v) is 3.16. The molecule has 0 saturated carbocycles. The summed E-state index contributed by atoms with van der Waals surface area (Å²) in [5, 5.41) is 3.06. The van der Waals surface area contributed by atoms with Gasteiger partial charge in [0.1, 0.15) is 17.5 Å². The van der Waals surface area contributed by atoms with E-state index >= 15 is 0 Å². The van der Waals surface area contributed by atoms with E-state index in [-0.39, 0.29) is 5.56 Å². The van der Waals surface area contributed by atoms with Gasteiger partial charge in [-0.05, 0) is 52.9 Å². The van der Waals surface area contributed by atoms with Gasteiger partial charge in [-0.1, -0.05) is 22.9 Å². The molecule has 0 amide bonds. The average Bonchev–Trinajstić information content (AvgIpc) is 2.39. The summed E-state index contributed by atoms with van der Waals surface area (Å²) in [4.78, 5) is 0. The lowest BCUT2D eigenvalue weighted by Gasteiger charge is -2.22. The third-order valence-corrected chi connectivity index (χ3v) is 4.49. The monoisotopic (exact) mass is 469 g/mol. The van der Waals surface area contributed by atoms with Crippen LogP contribution in [0.2, 0.25) is 0 Å². The predicted octanol–water partition coefficient (Wildman–Crippen LogP) is 5.17. The largest absolute Gasteiger partial charge is 0.306 e. The van der Waals surface area contributed by atoms with Gasteiger partial charge in [-0.3, -0.25) is 0 Å². The molecular weight excluding hydrogens is 458 g/mol. The molecule has 2 rings (SSSR count). The van der Waals surface area contributed by atoms with E-state index in [0.29, 0.717) is 18.7 Å². The molecule has 6 heteroatoms. The van der Waals surface area contributed by atoms with Gasteiger partial charge < -0.3 is 5.32 Å². The van der Waals surface area contributed by atoms with Crippen LogP contribution in [-0.4, -0.2) is 6.54 Å². The van der Waals surface area contributed by atoms with Crippen molar-refractivity contribution in [2.75, 3.05) is 6.54 Å². The Morgan fingerprint density at radius 1 is 1.14 bits per heavy atom. The van der Waals surface area contributed by atoms with Crippen molar-refractivity contribution in [3.05, 3.63) is 67.0 Å². The molecule has 1 atom stereocenters. The summed E-state index contributed by atoms with van der Waals surface area (Å²) >= 11 is 5.47. The van der Waals surface area contributed by atoms with Crippen molar-refractivity contribution in [3.8, 4) is 0 Å². The first-order chi connectivity index (χ1) is 9.93. The molecule has 0 aromatic heterocycles. The number of rotatable bonds is 4. The zero-order valence-corrected chi connectivity index (χ0v) is 14.8. The van der Waals surface area contributed by atoms with Crippen LogP contribution in [-0.2, 0) is 0 Å². The first-order valence-electron chi connectivity index (χ1n) is 6.26. The van der Waals surface area contributed by atoms with E-state index in [1.54, 1.807) is 6.07 Å². The van der Waals surface area contributed by atoms with Crippen LogP contribution in [0.15, 0.2) is 34.8 Å². The van der Waals surface area contributed by atoms with Gasteiger partial charge in [-0.15, -0.1) is 0 Å². The zero-order valence-electron chi connectivity index (χ0n) is 11.1. The zero-order chi connectivity index (χ0) is 15.6. The van der Waals surface area contributed by atoms with Crippen LogP contribution < -0.4 is 5.32 Å². The number of nitrogens with one attached hydrogen (secondary N) is 1. The van der Waals surface area contributed by atoms with Crippen molar-refractivity contribution in [2.24, 2.45) is 0 Å². The van der Waals surface area contributed by atoms with Crippen molar-refractivity contribution in [1.82, 2.24) is 5.32 Å². The minimum absolute atomic E-state index is 0.172. The molecule has 112 valence electrons. The minimum Gasteiger partial charge on any atom is -0.306 e. The van der Waals surface area contributed by atoms with Gasteiger partial charge in [0, 0.05) is 25.7 Å². The van der Waals surface area contributed by atoms with Crippen LogP contribution in [0.5, 0.6) is 0 Å². The summed E-state index contributed by atoms with van der Waals surface area (Å²) in [5.41, 5.74) is 0.561. The van der Waals surface area contributed by atoms with E-state index in [4.69, 9.17) is 0 Å². The van der Waals surface area contributed by atoms with Gasteiger partial charge in [0.05, 0.1) is 6.04 Å². The Morgan fingerprint density at radius 2 is 1.76 bits per heavy atom. The van der Waals surface area contributed by atoms with Crippen LogP contribution >= 0.6 is 38.5 Å². The summed E-state index contributed by atoms with van der Waals surface area (Å²) in [6.07, 6.45) is 0. The van der Waals surface area contributed by atoms with E-state index in [9.17, 15) is 13.2 Å². The number of hydrogen-bond acceptors (Lipinski definition) is 1. The first-order valence-corrected chi connectivity index (χ1v) is 8.14. The molecule has 2 aromatic carbocycles. The highest BCUT2D eigenvalue weighted by Crippen LogP contribution is 2.32. The number of hydrogen-bond donors (Lipinski definition) is 1. The van der Waals surface area contributed by atoms with Gasteiger partial charge in [0.15, 0.2) is 0 Å². The molecule has 1 unspecified atom stereocenters. The molecule has 21 heavy (non-hydrogen) atoms. The predicted molar refractivity (Wildman–Crippen MR) is 88.7 cm³/mol. The maximum Gasteiger partial charge on any atom is 0.134 e. The van der Waals surface area contributed by atoms with E-state index in [1.165, 1.54) is 0 Å². The Bertz CT molecular complexity index is 640. The van der Waals surface area contributed by atoms with E-state index in [1.807, 2.05) is 19.1 Å². The molecule has 0 fully saturated rings. The number of benzene rings is 2. The van der Waals surface area contributed by atoms with Crippen LogP contribution in [0, 0.1) is 21.0 Å². The maximum atomic E-state index is 14.1. The summed E-state index contributed by atoms with van der Waals surface area (Å²) in [7, 11) is 0. The molecule has 1 nitrogen and oxygen atoms in total. The van der Waals surface area contributed by atoms with Crippen molar-refractivity contribution < 1.29 is 13.2 Å². The third kappa shape index (κ3) is 3.78. The lowest BCUT2D eigenvalue weighted by molar-refractivity contribution is 0.491. The van der Waals surface area contributed by atoms with Crippen LogP contribution in [0.1, 0.15) is 24.1 Å². The maximum absolute atomic E-state index is 14.1. The van der Waals surface area contributed by atoms with Gasteiger partial charge in [-0.2, -0.15) is 0 Å². The molecule has 0 bridgehead atoms. The first kappa shape index (κ1) is 16.8. The molecule has 2 aromatic rings. The standard InChI is InChI=1S/C15H12BrF3IN/c1-2-21-15(10-5-8(16)3-4-13(10)20)14-11(18)6-9(17)7-12(14)19/h3-7,15,21H,2H2,1H3. The quantitative estimate of drug-likeness (QED) is 0.609. The Kier molecular flexibility index (Phi) is 5.67. The second kappa shape index (κ2) is 7.11. The molecule has 0 aliphatic carbocycles. The van der Waals surface area contributed by atoms with Gasteiger partial charge in [-0.25, -0.2) is 13.2 Å². The van der Waals surface area contributed by atoms with E-state index in [0.717, 1.165) is 13.6 Å². The fourth-order valence-electron chi connectivity index (χ4n) is 2.14. The lowest BCUT2D eigenvalue weighted by Crippen LogP contribution is -2.25. The van der Waals surface area contributed by atoms with Crippen molar-refractivity contribution >= 4 is 38.5 Å². The minimum atomic E-state index is -0.923. The molecule has 0 spiro atoms. The molecule has 0 radical (unpaired) electrons. The molecule has 1 N–H and O–H groups in total. The summed E-state index contributed by atoms with van der Waals surface area (Å²) in [6.45, 7) is 2.36. The second-order valence-corrected chi connectivity index (χ2v) is 6.52. The summed E-state index contributed by atoms with van der Waals surface area (Å²) < 4.78 is 42.9. The molecular formula is C15H12BrF3IN. The summed E-state index contributed by atoms with van der Waals surface area (Å²) in [5.74, 6) is -2.71. The SMILES string of the molecule is CCNC(c1cc(Br)ccc1I)c1c(F)cc(F)cc1F. The van der Waals surface area contributed by atoms with Crippen LogP contribution in [0.3, 0.4) is 0 Å². The van der Waals surface area contributed by atoms with Gasteiger partial charge in [0.2, 0.25) is 0 Å². The highest BCUT2D eigenvalue weighted by Gasteiger charge is 2.24. The van der Waals surface area contributed by atoms with Crippen LogP contribution in [0.25, 0.3) is 0 Å². The normalized spacial score (nSPS) is 12.5. The summed E-state index contributed by atoms with van der Waals surface area (Å²) in [6, 6.07) is 6.23. The molecule has 0 heterocycles. The Labute approximate surface area is 143 Å². The van der Waals surface area contributed by atoms with Crippen molar-refractivity contribution in [3.63, 3.8) is 0 Å². The molecule has 0 aliphatic rings. The smallest absolute Gasteiger partial charge is 0.134 e. The Morgan fingerprint density at radius 3 is 2.33 bits per heavy atom. The van der Waals surface area contributed by atoms with Crippen LogP contribution in [0.4, 0.5) is 13.2 Å². The Hall–Kier alpha value is -0.600. The van der Waals surface area contributed by atoms with E-state index < -0.39 is 23.5 Å². The lowest BCUT2D eigenvalue weighted by atomic mass is 9.97. The second-order valence-electron chi connectivity index (χ2n) is 4.44. The van der Waals surface area contributed by atoms with Gasteiger partial charge in [0.25, 0.3) is 0 Å². The number of halogens is 5. The molecule has 0 aliphatic heterocycles. The molecule has 0 saturated heterocycles. The van der Waals surface area contributed by atoms with Gasteiger partial charge >= 0.3 is 0 Å². The van der Waals surface area contributed by atoms with Crippen molar-refractivity contribution in [1.29, 1.82) is 0 Å². The highest BCUT2D eigenvalue weighted by molar-refractivity contribution is 14.1. The highest BCUT2D eigenvalue weighted by atomic mass is 127. The average molecular weight is 470 g/mol. The third-order valence-electron chi connectivity index (χ3n) is 3.01. The van der Waals surface area contributed by atoms with Crippen molar-refractivity contribution in [2.45, 2.75) is 13.0 Å². The Balaban J connectivity index is 2.61.